The van der Waals surface area contributed by atoms with Gasteiger partial charge in [-0.15, -0.1) is 0 Å². The standard InChI is InChI=1S/C27H30N4O3/c1-17(2)13-23(29-24(32)19-7-5-4-6-8-19)25(33)31-16-27(14-20(31)15-28)21-11-9-18(3)10-12-22(21)30-26(27)34/h4-12,17-18,20,23H,13-14,16H2,1-3H3,(H,29,32)(H,30,34). The topological polar surface area (TPSA) is 102 Å². The monoisotopic (exact) mass is 458 g/mol. The smallest absolute Gasteiger partial charge is 0.251 e. The zero-order valence-corrected chi connectivity index (χ0v) is 19.7. The highest BCUT2D eigenvalue weighted by Crippen LogP contribution is 2.47. The van der Waals surface area contributed by atoms with E-state index in [1.54, 1.807) is 24.3 Å². The van der Waals surface area contributed by atoms with Crippen LogP contribution in [0.5, 0.6) is 0 Å². The Labute approximate surface area is 200 Å². The molecule has 2 heterocycles. The van der Waals surface area contributed by atoms with Crippen LogP contribution in [0.3, 0.4) is 0 Å². The number of rotatable bonds is 5. The molecule has 2 aliphatic heterocycles. The molecule has 34 heavy (non-hydrogen) atoms. The molecule has 4 atom stereocenters. The largest absolute Gasteiger partial charge is 0.340 e. The fraction of sp³-hybridized carbons (Fsp3) is 0.407. The molecule has 4 rings (SSSR count). The third kappa shape index (κ3) is 4.28. The summed E-state index contributed by atoms with van der Waals surface area (Å²) in [6.07, 6.45) is 8.54. The molecule has 3 amide bonds. The highest BCUT2D eigenvalue weighted by atomic mass is 16.2. The van der Waals surface area contributed by atoms with Crippen molar-refractivity contribution in [2.75, 3.05) is 6.54 Å². The van der Waals surface area contributed by atoms with E-state index in [4.69, 9.17) is 0 Å². The van der Waals surface area contributed by atoms with E-state index >= 15 is 0 Å². The molecule has 2 N–H and O–H groups in total. The Bertz CT molecular complexity index is 1130. The molecule has 0 radical (unpaired) electrons. The second kappa shape index (κ2) is 9.30. The van der Waals surface area contributed by atoms with Crippen LogP contribution in [0.2, 0.25) is 0 Å². The number of hydrogen-bond donors (Lipinski definition) is 2. The van der Waals surface area contributed by atoms with Crippen LogP contribution in [0.1, 0.15) is 44.0 Å². The van der Waals surface area contributed by atoms with Crippen molar-refractivity contribution >= 4 is 17.7 Å². The zero-order chi connectivity index (χ0) is 24.5. The predicted molar refractivity (Wildman–Crippen MR) is 128 cm³/mol. The van der Waals surface area contributed by atoms with E-state index in [0.717, 1.165) is 11.3 Å². The fourth-order valence-corrected chi connectivity index (χ4v) is 4.97. The maximum absolute atomic E-state index is 13.7. The first kappa shape index (κ1) is 23.5. The van der Waals surface area contributed by atoms with Gasteiger partial charge in [0.25, 0.3) is 5.91 Å². The van der Waals surface area contributed by atoms with Gasteiger partial charge in [0.15, 0.2) is 0 Å². The number of fused-ring (bicyclic) bond motifs is 1. The van der Waals surface area contributed by atoms with Crippen molar-refractivity contribution in [2.45, 2.75) is 45.7 Å². The molecule has 176 valence electrons. The first-order valence-corrected chi connectivity index (χ1v) is 11.7. The van der Waals surface area contributed by atoms with Gasteiger partial charge in [-0.3, -0.25) is 14.4 Å². The summed E-state index contributed by atoms with van der Waals surface area (Å²) in [7, 11) is 0. The maximum atomic E-state index is 13.7. The van der Waals surface area contributed by atoms with Crippen molar-refractivity contribution in [2.24, 2.45) is 17.3 Å². The molecule has 0 aromatic heterocycles. The lowest BCUT2D eigenvalue weighted by Gasteiger charge is -2.28. The molecule has 0 saturated carbocycles. The van der Waals surface area contributed by atoms with E-state index in [1.807, 2.05) is 44.2 Å². The van der Waals surface area contributed by atoms with E-state index in [1.165, 1.54) is 4.90 Å². The molecule has 1 fully saturated rings. The summed E-state index contributed by atoms with van der Waals surface area (Å²) in [5.74, 6) is -0.497. The van der Waals surface area contributed by atoms with Crippen molar-refractivity contribution in [1.29, 1.82) is 5.26 Å². The second-order valence-electron chi connectivity index (χ2n) is 9.78. The van der Waals surface area contributed by atoms with E-state index in [0.29, 0.717) is 12.0 Å². The number of amides is 3. The minimum atomic E-state index is -0.970. The van der Waals surface area contributed by atoms with Gasteiger partial charge in [-0.05, 0) is 42.0 Å². The molecule has 1 aromatic rings. The van der Waals surface area contributed by atoms with Gasteiger partial charge < -0.3 is 15.5 Å². The number of carbonyl (C=O) groups is 3. The van der Waals surface area contributed by atoms with E-state index < -0.39 is 17.5 Å². The first-order valence-electron chi connectivity index (χ1n) is 11.7. The van der Waals surface area contributed by atoms with Gasteiger partial charge in [-0.1, -0.05) is 57.2 Å². The molecule has 1 aromatic carbocycles. The van der Waals surface area contributed by atoms with Gasteiger partial charge in [0.1, 0.15) is 12.1 Å². The fourth-order valence-electron chi connectivity index (χ4n) is 4.97. The number of nitrogens with zero attached hydrogens (tertiary/aromatic N) is 2. The van der Waals surface area contributed by atoms with Crippen LogP contribution < -0.4 is 10.6 Å². The molecular weight excluding hydrogens is 428 g/mol. The van der Waals surface area contributed by atoms with Gasteiger partial charge in [0, 0.05) is 24.2 Å². The van der Waals surface area contributed by atoms with E-state index in [2.05, 4.69) is 23.6 Å². The lowest BCUT2D eigenvalue weighted by Crippen LogP contribution is -2.51. The van der Waals surface area contributed by atoms with Crippen LogP contribution in [0.25, 0.3) is 0 Å². The summed E-state index contributed by atoms with van der Waals surface area (Å²) >= 11 is 0. The molecular formula is C27H30N4O3. The van der Waals surface area contributed by atoms with Crippen LogP contribution in [0, 0.1) is 28.6 Å². The molecule has 3 aliphatic rings. The maximum Gasteiger partial charge on any atom is 0.251 e. The third-order valence-electron chi connectivity index (χ3n) is 6.76. The van der Waals surface area contributed by atoms with Gasteiger partial charge in [0.05, 0.1) is 11.5 Å². The minimum absolute atomic E-state index is 0.108. The number of nitriles is 1. The number of hydrogen-bond acceptors (Lipinski definition) is 4. The highest BCUT2D eigenvalue weighted by Gasteiger charge is 2.56. The lowest BCUT2D eigenvalue weighted by atomic mass is 9.78. The van der Waals surface area contributed by atoms with Crippen molar-refractivity contribution in [3.05, 3.63) is 71.5 Å². The average molecular weight is 459 g/mol. The molecule has 1 spiro atoms. The van der Waals surface area contributed by atoms with Crippen molar-refractivity contribution in [1.82, 2.24) is 15.5 Å². The minimum Gasteiger partial charge on any atom is -0.340 e. The number of likely N-dealkylation sites (tertiary alicyclic amines) is 1. The Morgan fingerprint density at radius 1 is 1.24 bits per heavy atom. The Kier molecular flexibility index (Phi) is 6.43. The van der Waals surface area contributed by atoms with Crippen LogP contribution in [-0.4, -0.2) is 41.2 Å². The Hall–Kier alpha value is -3.66. The van der Waals surface area contributed by atoms with Crippen LogP contribution >= 0.6 is 0 Å². The Balaban J connectivity index is 1.62. The molecule has 7 nitrogen and oxygen atoms in total. The molecule has 1 saturated heterocycles. The van der Waals surface area contributed by atoms with Crippen molar-refractivity contribution in [3.63, 3.8) is 0 Å². The number of nitrogens with one attached hydrogen (secondary N) is 2. The molecule has 1 aliphatic carbocycles. The normalized spacial score (nSPS) is 26.3. The average Bonchev–Trinajstić information content (AvgIpc) is 3.26. The summed E-state index contributed by atoms with van der Waals surface area (Å²) in [6.45, 7) is 6.12. The summed E-state index contributed by atoms with van der Waals surface area (Å²) in [5, 5.41) is 15.7. The number of carbonyl (C=O) groups excluding carboxylic acids is 3. The summed E-state index contributed by atoms with van der Waals surface area (Å²) in [5.41, 5.74) is 1.05. The van der Waals surface area contributed by atoms with Crippen LogP contribution in [0.15, 0.2) is 65.9 Å². The molecule has 7 heteroatoms. The van der Waals surface area contributed by atoms with E-state index in [9.17, 15) is 19.6 Å². The predicted octanol–water partition coefficient (Wildman–Crippen LogP) is 3.09. The SMILES string of the molecule is CC1C=CC2=C(C=C1)C1(CC(C#N)N(C(=O)C(CC(C)C)NC(=O)c3ccccc3)C1)C(=O)N2. The Morgan fingerprint density at radius 2 is 1.94 bits per heavy atom. The highest BCUT2D eigenvalue weighted by molar-refractivity contribution is 5.99. The van der Waals surface area contributed by atoms with Crippen molar-refractivity contribution in [3.8, 4) is 6.07 Å². The van der Waals surface area contributed by atoms with Crippen molar-refractivity contribution < 1.29 is 14.4 Å². The summed E-state index contributed by atoms with van der Waals surface area (Å²) < 4.78 is 0. The summed E-state index contributed by atoms with van der Waals surface area (Å²) in [6, 6.07) is 9.42. The second-order valence-corrected chi connectivity index (χ2v) is 9.78. The van der Waals surface area contributed by atoms with Crippen LogP contribution in [-0.2, 0) is 9.59 Å². The van der Waals surface area contributed by atoms with Gasteiger partial charge >= 0.3 is 0 Å². The first-order chi connectivity index (χ1) is 16.2. The number of allylic oxidation sites excluding steroid dienone is 4. The number of benzene rings is 1. The zero-order valence-electron chi connectivity index (χ0n) is 19.7. The van der Waals surface area contributed by atoms with Gasteiger partial charge in [0.2, 0.25) is 11.8 Å². The lowest BCUT2D eigenvalue weighted by molar-refractivity contribution is -0.134. The van der Waals surface area contributed by atoms with Crippen LogP contribution in [0.4, 0.5) is 0 Å². The van der Waals surface area contributed by atoms with E-state index in [-0.39, 0.29) is 42.5 Å². The molecule has 4 unspecified atom stereocenters. The summed E-state index contributed by atoms with van der Waals surface area (Å²) in [4.78, 5) is 41.2. The Morgan fingerprint density at radius 3 is 2.62 bits per heavy atom. The quantitative estimate of drug-likeness (QED) is 0.708. The molecule has 0 bridgehead atoms. The van der Waals surface area contributed by atoms with Gasteiger partial charge in [-0.25, -0.2) is 0 Å². The third-order valence-corrected chi connectivity index (χ3v) is 6.76. The van der Waals surface area contributed by atoms with Gasteiger partial charge in [-0.2, -0.15) is 5.26 Å².